The van der Waals surface area contributed by atoms with Crippen molar-refractivity contribution in [1.29, 1.82) is 0 Å². The lowest BCUT2D eigenvalue weighted by atomic mass is 10.2. The van der Waals surface area contributed by atoms with E-state index < -0.39 is 0 Å². The molecule has 0 unspecified atom stereocenters. The smallest absolute Gasteiger partial charge is 0.141 e. The van der Waals surface area contributed by atoms with E-state index in [1.165, 1.54) is 0 Å². The van der Waals surface area contributed by atoms with E-state index in [9.17, 15) is 10.2 Å². The number of phenols is 2. The molecule has 0 spiro atoms. The summed E-state index contributed by atoms with van der Waals surface area (Å²) >= 11 is 12.6. The first-order chi connectivity index (χ1) is 21.5. The van der Waals surface area contributed by atoms with Crippen molar-refractivity contribution in [3.8, 4) is 11.5 Å². The number of ether oxygens (including phenoxy) is 4. The van der Waals surface area contributed by atoms with Crippen LogP contribution in [-0.2, 0) is 32.0 Å². The number of hydrogen-bond acceptors (Lipinski definition) is 10. The van der Waals surface area contributed by atoms with Gasteiger partial charge in [-0.2, -0.15) is 0 Å². The molecule has 10 nitrogen and oxygen atoms in total. The molecule has 2 aromatic heterocycles. The second-order valence-electron chi connectivity index (χ2n) is 10.5. The molecular formula is C32H38Cl2N4O6. The normalized spacial score (nSPS) is 17.9. The van der Waals surface area contributed by atoms with Gasteiger partial charge in [0.25, 0.3) is 0 Å². The summed E-state index contributed by atoms with van der Waals surface area (Å²) in [6.07, 6.45) is 0. The Morgan fingerprint density at radius 2 is 0.886 bits per heavy atom. The Labute approximate surface area is 267 Å². The summed E-state index contributed by atoms with van der Waals surface area (Å²) in [5.41, 5.74) is 2.64. The molecule has 12 heteroatoms. The Morgan fingerprint density at radius 1 is 0.523 bits per heavy atom. The third-order valence-electron chi connectivity index (χ3n) is 7.40. The van der Waals surface area contributed by atoms with Crippen LogP contribution in [0.25, 0.3) is 21.8 Å². The van der Waals surface area contributed by atoms with Crippen molar-refractivity contribution in [2.24, 2.45) is 0 Å². The first kappa shape index (κ1) is 32.6. The Balaban J connectivity index is 1.13. The molecule has 1 aliphatic rings. The molecule has 2 aromatic carbocycles. The zero-order valence-electron chi connectivity index (χ0n) is 24.6. The van der Waals surface area contributed by atoms with Gasteiger partial charge in [0.2, 0.25) is 0 Å². The fraction of sp³-hybridized carbons (Fsp3) is 0.438. The number of aromatic nitrogens is 2. The van der Waals surface area contributed by atoms with E-state index in [0.717, 1.165) is 22.2 Å². The van der Waals surface area contributed by atoms with Crippen LogP contribution in [0.3, 0.4) is 0 Å². The Kier molecular flexibility index (Phi) is 12.2. The number of halogens is 2. The summed E-state index contributed by atoms with van der Waals surface area (Å²) in [5.74, 6) is 0.216. The van der Waals surface area contributed by atoms with Crippen molar-refractivity contribution in [3.63, 3.8) is 0 Å². The van der Waals surface area contributed by atoms with Crippen molar-refractivity contribution in [2.45, 2.75) is 13.1 Å². The molecule has 3 heterocycles. The number of phenolic OH excluding ortho intramolecular Hbond substituents is 2. The molecule has 1 saturated heterocycles. The van der Waals surface area contributed by atoms with Crippen LogP contribution in [-0.4, -0.2) is 109 Å². The van der Waals surface area contributed by atoms with Gasteiger partial charge in [0.15, 0.2) is 0 Å². The minimum atomic E-state index is 0.108. The number of pyridine rings is 2. The van der Waals surface area contributed by atoms with Gasteiger partial charge in [-0.15, -0.1) is 0 Å². The van der Waals surface area contributed by atoms with Crippen LogP contribution < -0.4 is 0 Å². The minimum absolute atomic E-state index is 0.108. The third kappa shape index (κ3) is 9.12. The number of nitrogens with zero attached hydrogens (tertiary/aromatic N) is 4. The second kappa shape index (κ2) is 16.5. The SMILES string of the molecule is Oc1ccc(Cl)c2ccc(CN3CCOCCOCCN(Cc4ccc5c(Cl)ccc(O)c5n4)CCOCCOCC3)nc12. The molecule has 0 atom stereocenters. The van der Waals surface area contributed by atoms with Crippen LogP contribution >= 0.6 is 23.2 Å². The highest BCUT2D eigenvalue weighted by Gasteiger charge is 2.13. The Bertz CT molecular complexity index is 1390. The van der Waals surface area contributed by atoms with E-state index in [1.807, 2.05) is 24.3 Å². The summed E-state index contributed by atoms with van der Waals surface area (Å²) in [6.45, 7) is 8.00. The summed E-state index contributed by atoms with van der Waals surface area (Å²) in [5, 5.41) is 23.1. The first-order valence-electron chi connectivity index (χ1n) is 14.8. The van der Waals surface area contributed by atoms with Crippen LogP contribution in [0.4, 0.5) is 0 Å². The van der Waals surface area contributed by atoms with Crippen molar-refractivity contribution in [1.82, 2.24) is 19.8 Å². The third-order valence-corrected chi connectivity index (χ3v) is 8.06. The summed E-state index contributed by atoms with van der Waals surface area (Å²) in [4.78, 5) is 13.7. The number of fused-ring (bicyclic) bond motifs is 2. The minimum Gasteiger partial charge on any atom is -0.506 e. The quantitative estimate of drug-likeness (QED) is 0.319. The first-order valence-corrected chi connectivity index (χ1v) is 15.5. The molecule has 4 aromatic rings. The highest BCUT2D eigenvalue weighted by atomic mass is 35.5. The predicted octanol–water partition coefficient (Wildman–Crippen LogP) is 4.89. The molecule has 0 amide bonds. The van der Waals surface area contributed by atoms with Crippen LogP contribution in [0.15, 0.2) is 48.5 Å². The van der Waals surface area contributed by atoms with Gasteiger partial charge in [-0.3, -0.25) is 9.80 Å². The van der Waals surface area contributed by atoms with Gasteiger partial charge in [0.05, 0.1) is 74.3 Å². The topological polar surface area (TPSA) is 110 Å². The van der Waals surface area contributed by atoms with Crippen LogP contribution in [0, 0.1) is 0 Å². The highest BCUT2D eigenvalue weighted by Crippen LogP contribution is 2.30. The van der Waals surface area contributed by atoms with Crippen LogP contribution in [0.1, 0.15) is 11.4 Å². The van der Waals surface area contributed by atoms with Gasteiger partial charge >= 0.3 is 0 Å². The zero-order valence-corrected chi connectivity index (χ0v) is 26.1. The van der Waals surface area contributed by atoms with E-state index in [0.29, 0.717) is 113 Å². The second-order valence-corrected chi connectivity index (χ2v) is 11.3. The number of benzene rings is 2. The molecule has 5 rings (SSSR count). The van der Waals surface area contributed by atoms with E-state index in [1.54, 1.807) is 24.3 Å². The average Bonchev–Trinajstić information content (AvgIpc) is 3.02. The van der Waals surface area contributed by atoms with Gasteiger partial charge < -0.3 is 29.2 Å². The lowest BCUT2D eigenvalue weighted by Crippen LogP contribution is -2.33. The molecule has 236 valence electrons. The van der Waals surface area contributed by atoms with Crippen molar-refractivity contribution in [2.75, 3.05) is 79.0 Å². The Morgan fingerprint density at radius 3 is 1.25 bits per heavy atom. The number of hydrogen-bond donors (Lipinski definition) is 2. The lowest BCUT2D eigenvalue weighted by Gasteiger charge is -2.23. The summed E-state index contributed by atoms with van der Waals surface area (Å²) in [6, 6.07) is 14.1. The summed E-state index contributed by atoms with van der Waals surface area (Å²) in [7, 11) is 0. The standard InChI is InChI=1S/C32H38Cl2N4O6/c33-27-5-7-29(39)31-25(27)3-1-23(35-31)21-37-9-13-41-17-19-43-15-11-38(12-16-44-20-18-42-14-10-37)22-24-2-4-26-28(34)6-8-30(40)32(26)36-24/h1-8,39-40H,9-22H2. The molecule has 0 bridgehead atoms. The number of rotatable bonds is 4. The fourth-order valence-corrected chi connectivity index (χ4v) is 5.44. The highest BCUT2D eigenvalue weighted by molar-refractivity contribution is 6.36. The van der Waals surface area contributed by atoms with Gasteiger partial charge in [-0.25, -0.2) is 9.97 Å². The maximum Gasteiger partial charge on any atom is 0.141 e. The van der Waals surface area contributed by atoms with E-state index >= 15 is 0 Å². The molecule has 0 aliphatic carbocycles. The maximum absolute atomic E-state index is 10.3. The molecular weight excluding hydrogens is 607 g/mol. The molecule has 0 saturated carbocycles. The van der Waals surface area contributed by atoms with E-state index in [-0.39, 0.29) is 11.5 Å². The predicted molar refractivity (Wildman–Crippen MR) is 171 cm³/mol. The number of aromatic hydroxyl groups is 2. The fourth-order valence-electron chi connectivity index (χ4n) is 5.01. The van der Waals surface area contributed by atoms with Gasteiger partial charge in [0.1, 0.15) is 22.5 Å². The van der Waals surface area contributed by atoms with Crippen molar-refractivity contribution in [3.05, 3.63) is 70.0 Å². The molecule has 2 N–H and O–H groups in total. The molecule has 1 aliphatic heterocycles. The maximum atomic E-state index is 10.3. The van der Waals surface area contributed by atoms with Gasteiger partial charge in [-0.1, -0.05) is 23.2 Å². The lowest BCUT2D eigenvalue weighted by molar-refractivity contribution is 0.00601. The van der Waals surface area contributed by atoms with Crippen LogP contribution in [0.2, 0.25) is 10.0 Å². The molecule has 0 radical (unpaired) electrons. The van der Waals surface area contributed by atoms with E-state index in [4.69, 9.17) is 42.1 Å². The van der Waals surface area contributed by atoms with Crippen molar-refractivity contribution < 1.29 is 29.2 Å². The van der Waals surface area contributed by atoms with E-state index in [2.05, 4.69) is 19.8 Å². The molecule has 44 heavy (non-hydrogen) atoms. The summed E-state index contributed by atoms with van der Waals surface area (Å²) < 4.78 is 23.5. The average molecular weight is 646 g/mol. The van der Waals surface area contributed by atoms with Crippen LogP contribution in [0.5, 0.6) is 11.5 Å². The monoisotopic (exact) mass is 644 g/mol. The largest absolute Gasteiger partial charge is 0.506 e. The zero-order chi connectivity index (χ0) is 30.7. The Hall–Kier alpha value is -2.80. The van der Waals surface area contributed by atoms with Gasteiger partial charge in [0, 0.05) is 50.0 Å². The molecule has 1 fully saturated rings. The van der Waals surface area contributed by atoms with Crippen molar-refractivity contribution >= 4 is 45.0 Å². The van der Waals surface area contributed by atoms with Gasteiger partial charge in [-0.05, 0) is 48.5 Å².